The van der Waals surface area contributed by atoms with Crippen molar-refractivity contribution in [2.75, 3.05) is 44.3 Å². The molecule has 2 saturated heterocycles. The fraction of sp³-hybridized carbons (Fsp3) is 0.609. The number of hydrogen-bond donors (Lipinski definition) is 1. The average molecular weight is 438 g/mol. The van der Waals surface area contributed by atoms with Crippen molar-refractivity contribution in [1.82, 2.24) is 10.2 Å². The minimum absolute atomic E-state index is 0.0881. The van der Waals surface area contributed by atoms with Crippen LogP contribution < -0.4 is 10.2 Å². The molecular weight excluding hydrogens is 407 g/mol. The molecule has 170 valence electrons. The molecule has 2 heterocycles. The lowest BCUT2D eigenvalue weighted by Gasteiger charge is -2.43. The molecule has 1 spiro atoms. The van der Waals surface area contributed by atoms with Gasteiger partial charge in [-0.05, 0) is 55.2 Å². The summed E-state index contributed by atoms with van der Waals surface area (Å²) in [5.41, 5.74) is 0.0601. The summed E-state index contributed by atoms with van der Waals surface area (Å²) in [6.07, 6.45) is 4.99. The first kappa shape index (κ1) is 22.0. The Hall–Kier alpha value is -2.22. The predicted octanol–water partition coefficient (Wildman–Crippen LogP) is 4.57. The summed E-state index contributed by atoms with van der Waals surface area (Å²) in [5, 5.41) is 2.74. The molecule has 0 saturated carbocycles. The summed E-state index contributed by atoms with van der Waals surface area (Å²) in [6, 6.07) is 4.10. The Morgan fingerprint density at radius 1 is 1.13 bits per heavy atom. The second kappa shape index (κ2) is 9.10. The first-order valence-electron chi connectivity index (χ1n) is 11.1. The lowest BCUT2D eigenvalue weighted by Crippen LogP contribution is -2.50. The number of amides is 2. The van der Waals surface area contributed by atoms with Crippen molar-refractivity contribution >= 4 is 11.7 Å². The average Bonchev–Trinajstić information content (AvgIpc) is 2.78. The summed E-state index contributed by atoms with van der Waals surface area (Å²) >= 11 is 0. The van der Waals surface area contributed by atoms with E-state index in [0.29, 0.717) is 45.1 Å². The highest BCUT2D eigenvalue weighted by molar-refractivity contribution is 5.74. The minimum atomic E-state index is -4.48. The lowest BCUT2D eigenvalue weighted by atomic mass is 9.71. The molecule has 1 aliphatic carbocycles. The summed E-state index contributed by atoms with van der Waals surface area (Å²) in [6.45, 7) is 3.34. The number of carbonyl (C=O) groups is 1. The number of ether oxygens (including phenoxy) is 1. The molecule has 31 heavy (non-hydrogen) atoms. The molecule has 2 aliphatic heterocycles. The number of carbonyl (C=O) groups excluding carboxylic acids is 1. The van der Waals surface area contributed by atoms with E-state index in [2.05, 4.69) is 17.5 Å². The van der Waals surface area contributed by atoms with Gasteiger partial charge in [0, 0.05) is 38.4 Å². The topological polar surface area (TPSA) is 44.8 Å². The molecule has 1 N–H and O–H groups in total. The Morgan fingerprint density at radius 3 is 2.65 bits per heavy atom. The van der Waals surface area contributed by atoms with Gasteiger partial charge in [0.05, 0.1) is 18.8 Å². The highest BCUT2D eigenvalue weighted by Crippen LogP contribution is 2.41. The molecule has 1 aromatic carbocycles. The molecule has 3 aliphatic rings. The molecule has 2 amide bonds. The van der Waals surface area contributed by atoms with Crippen molar-refractivity contribution in [3.8, 4) is 0 Å². The van der Waals surface area contributed by atoms with Crippen LogP contribution in [0.25, 0.3) is 0 Å². The number of rotatable bonds is 3. The number of morpholine rings is 1. The number of nitrogens with zero attached hydrogens (tertiary/aromatic N) is 2. The van der Waals surface area contributed by atoms with Gasteiger partial charge in [-0.15, -0.1) is 0 Å². The van der Waals surface area contributed by atoms with Gasteiger partial charge in [0.25, 0.3) is 0 Å². The second-order valence-corrected chi connectivity index (χ2v) is 8.84. The van der Waals surface area contributed by atoms with E-state index in [4.69, 9.17) is 4.74 Å². The van der Waals surface area contributed by atoms with E-state index in [1.807, 2.05) is 4.90 Å². The fourth-order valence-electron chi connectivity index (χ4n) is 4.98. The van der Waals surface area contributed by atoms with Gasteiger partial charge in [-0.2, -0.15) is 13.2 Å². The number of nitrogens with one attached hydrogen (secondary N) is 1. The standard InChI is InChI=1S/C23H30F3N3O2/c24-23(25,26)20-15-19(28-11-13-31-14-12-28)6-5-18(20)16-27-21(30)29-10-4-9-22(17-29)7-2-1-3-8-22/h1-2,5-6,15H,3-4,7-14,16-17H2,(H,27,30)/t22-/m1/s1. The fourth-order valence-corrected chi connectivity index (χ4v) is 4.98. The lowest BCUT2D eigenvalue weighted by molar-refractivity contribution is -0.138. The van der Waals surface area contributed by atoms with Crippen molar-refractivity contribution in [2.24, 2.45) is 5.41 Å². The van der Waals surface area contributed by atoms with Crippen LogP contribution in [0.2, 0.25) is 0 Å². The van der Waals surface area contributed by atoms with Crippen LogP contribution >= 0.6 is 0 Å². The second-order valence-electron chi connectivity index (χ2n) is 8.84. The van der Waals surface area contributed by atoms with Crippen LogP contribution in [0.4, 0.5) is 23.7 Å². The maximum Gasteiger partial charge on any atom is 0.416 e. The van der Waals surface area contributed by atoms with Gasteiger partial charge in [0.1, 0.15) is 0 Å². The molecule has 8 heteroatoms. The van der Waals surface area contributed by atoms with Crippen LogP contribution in [-0.4, -0.2) is 50.3 Å². The van der Waals surface area contributed by atoms with Gasteiger partial charge in [-0.25, -0.2) is 4.79 Å². The normalized spacial score (nSPS) is 24.5. The largest absolute Gasteiger partial charge is 0.416 e. The zero-order valence-corrected chi connectivity index (χ0v) is 17.7. The van der Waals surface area contributed by atoms with Gasteiger partial charge >= 0.3 is 12.2 Å². The van der Waals surface area contributed by atoms with Gasteiger partial charge in [-0.1, -0.05) is 18.2 Å². The van der Waals surface area contributed by atoms with Crippen LogP contribution in [0.3, 0.4) is 0 Å². The highest BCUT2D eigenvalue weighted by atomic mass is 19.4. The summed E-state index contributed by atoms with van der Waals surface area (Å²) in [7, 11) is 0. The van der Waals surface area contributed by atoms with Crippen LogP contribution in [-0.2, 0) is 17.5 Å². The van der Waals surface area contributed by atoms with E-state index < -0.39 is 11.7 Å². The molecule has 4 rings (SSSR count). The molecule has 0 unspecified atom stereocenters. The molecule has 2 fully saturated rings. The summed E-state index contributed by atoms with van der Waals surface area (Å²) in [4.78, 5) is 16.4. The number of benzene rings is 1. The van der Waals surface area contributed by atoms with Crippen molar-refractivity contribution in [3.05, 3.63) is 41.5 Å². The Bertz CT molecular complexity index is 821. The quantitative estimate of drug-likeness (QED) is 0.705. The third-order valence-electron chi connectivity index (χ3n) is 6.71. The number of allylic oxidation sites excluding steroid dienone is 2. The number of piperidine rings is 1. The van der Waals surface area contributed by atoms with E-state index in [1.165, 1.54) is 12.1 Å². The zero-order chi connectivity index (χ0) is 21.9. The SMILES string of the molecule is O=C(NCc1ccc(N2CCOCC2)cc1C(F)(F)F)N1CCC[C@]2(CC=CCC2)C1. The van der Waals surface area contributed by atoms with E-state index in [0.717, 1.165) is 32.1 Å². The van der Waals surface area contributed by atoms with E-state index in [-0.39, 0.29) is 23.6 Å². The van der Waals surface area contributed by atoms with Gasteiger partial charge in [0.2, 0.25) is 0 Å². The molecule has 1 atom stereocenters. The van der Waals surface area contributed by atoms with Crippen LogP contribution in [0.15, 0.2) is 30.4 Å². The van der Waals surface area contributed by atoms with Gasteiger partial charge in [0.15, 0.2) is 0 Å². The smallest absolute Gasteiger partial charge is 0.378 e. The molecule has 0 aromatic heterocycles. The first-order valence-corrected chi connectivity index (χ1v) is 11.1. The van der Waals surface area contributed by atoms with Gasteiger partial charge in [-0.3, -0.25) is 0 Å². The van der Waals surface area contributed by atoms with Gasteiger partial charge < -0.3 is 19.9 Å². The van der Waals surface area contributed by atoms with Crippen molar-refractivity contribution in [1.29, 1.82) is 0 Å². The highest BCUT2D eigenvalue weighted by Gasteiger charge is 2.37. The first-order chi connectivity index (χ1) is 14.9. The van der Waals surface area contributed by atoms with Crippen LogP contribution in [0.1, 0.15) is 43.2 Å². The Balaban J connectivity index is 1.43. The minimum Gasteiger partial charge on any atom is -0.378 e. The van der Waals surface area contributed by atoms with Crippen molar-refractivity contribution in [3.63, 3.8) is 0 Å². The Kier molecular flexibility index (Phi) is 6.46. The van der Waals surface area contributed by atoms with Crippen LogP contribution in [0.5, 0.6) is 0 Å². The Labute approximate surface area is 181 Å². The Morgan fingerprint density at radius 2 is 1.94 bits per heavy atom. The number of halogens is 3. The summed E-state index contributed by atoms with van der Waals surface area (Å²) < 4.78 is 46.5. The van der Waals surface area contributed by atoms with Crippen molar-refractivity contribution in [2.45, 2.75) is 44.8 Å². The number of likely N-dealkylation sites (tertiary alicyclic amines) is 1. The molecular formula is C23H30F3N3O2. The maximum absolute atomic E-state index is 13.7. The number of hydrogen-bond acceptors (Lipinski definition) is 3. The third kappa shape index (κ3) is 5.17. The molecule has 0 bridgehead atoms. The molecule has 5 nitrogen and oxygen atoms in total. The number of alkyl halides is 3. The van der Waals surface area contributed by atoms with E-state index in [9.17, 15) is 18.0 Å². The zero-order valence-electron chi connectivity index (χ0n) is 17.7. The van der Waals surface area contributed by atoms with E-state index in [1.54, 1.807) is 11.0 Å². The molecule has 1 aromatic rings. The third-order valence-corrected chi connectivity index (χ3v) is 6.71. The number of anilines is 1. The number of urea groups is 1. The van der Waals surface area contributed by atoms with Crippen molar-refractivity contribution < 1.29 is 22.7 Å². The summed E-state index contributed by atoms with van der Waals surface area (Å²) in [5.74, 6) is 0. The monoisotopic (exact) mass is 437 g/mol. The predicted molar refractivity (Wildman–Crippen MR) is 113 cm³/mol. The van der Waals surface area contributed by atoms with E-state index >= 15 is 0 Å². The maximum atomic E-state index is 13.7. The molecule has 0 radical (unpaired) electrons. The van der Waals surface area contributed by atoms with Crippen LogP contribution in [0, 0.1) is 5.41 Å².